The van der Waals surface area contributed by atoms with Gasteiger partial charge >= 0.3 is 0 Å². The summed E-state index contributed by atoms with van der Waals surface area (Å²) >= 11 is 0. The first-order valence-corrected chi connectivity index (χ1v) is 11.1. The summed E-state index contributed by atoms with van der Waals surface area (Å²) in [6.45, 7) is 4.43. The number of rotatable bonds is 5. The van der Waals surface area contributed by atoms with Gasteiger partial charge in [0.2, 0.25) is 0 Å². The van der Waals surface area contributed by atoms with E-state index in [1.54, 1.807) is 12.4 Å². The van der Waals surface area contributed by atoms with E-state index in [2.05, 4.69) is 29.1 Å². The van der Waals surface area contributed by atoms with E-state index < -0.39 is 34.6 Å². The number of halogens is 3. The van der Waals surface area contributed by atoms with Crippen molar-refractivity contribution in [1.82, 2.24) is 9.97 Å². The minimum absolute atomic E-state index is 0.213. The maximum absolute atomic E-state index is 14.5. The van der Waals surface area contributed by atoms with E-state index in [-0.39, 0.29) is 23.5 Å². The summed E-state index contributed by atoms with van der Waals surface area (Å²) in [6.07, 6.45) is 6.66. The third kappa shape index (κ3) is 4.85. The maximum Gasteiger partial charge on any atom is 0.274 e. The molecule has 34 heavy (non-hydrogen) atoms. The summed E-state index contributed by atoms with van der Waals surface area (Å²) in [6, 6.07) is 5.53. The molecule has 0 radical (unpaired) electrons. The molecule has 1 aliphatic carbocycles. The second kappa shape index (κ2) is 9.75. The van der Waals surface area contributed by atoms with E-state index in [0.717, 1.165) is 49.1 Å². The number of pyridine rings is 2. The van der Waals surface area contributed by atoms with Gasteiger partial charge in [0.1, 0.15) is 35.1 Å². The van der Waals surface area contributed by atoms with Crippen molar-refractivity contribution in [3.8, 4) is 11.3 Å². The number of hydrogen-bond donors (Lipinski definition) is 1. The van der Waals surface area contributed by atoms with Crippen molar-refractivity contribution < 1.29 is 22.8 Å². The van der Waals surface area contributed by atoms with E-state index in [1.165, 1.54) is 0 Å². The van der Waals surface area contributed by atoms with Gasteiger partial charge in [-0.2, -0.15) is 0 Å². The molecule has 3 atom stereocenters. The Morgan fingerprint density at radius 1 is 1.00 bits per heavy atom. The molecule has 2 aromatic heterocycles. The largest absolute Gasteiger partial charge is 0.319 e. The Morgan fingerprint density at radius 3 is 2.32 bits per heavy atom. The van der Waals surface area contributed by atoms with E-state index in [4.69, 9.17) is 0 Å². The van der Waals surface area contributed by atoms with Gasteiger partial charge in [-0.1, -0.05) is 13.8 Å². The number of hydrogen-bond acceptors (Lipinski definition) is 4. The highest BCUT2D eigenvalue weighted by atomic mass is 19.1. The Hall–Kier alpha value is -3.55. The summed E-state index contributed by atoms with van der Waals surface area (Å²) in [5.74, 6) is -2.59. The molecule has 0 aliphatic heterocycles. The van der Waals surface area contributed by atoms with Crippen LogP contribution in [-0.2, 0) is 0 Å². The second-order valence-electron chi connectivity index (χ2n) is 9.04. The quantitative estimate of drug-likeness (QED) is 0.456. The lowest BCUT2D eigenvalue weighted by Crippen LogP contribution is -2.21. The van der Waals surface area contributed by atoms with Crippen LogP contribution in [0.1, 0.15) is 65.4 Å². The van der Waals surface area contributed by atoms with Gasteiger partial charge < -0.3 is 5.32 Å². The van der Waals surface area contributed by atoms with E-state index >= 15 is 0 Å². The minimum atomic E-state index is -1.15. The number of anilines is 1. The van der Waals surface area contributed by atoms with E-state index in [9.17, 15) is 22.8 Å². The summed E-state index contributed by atoms with van der Waals surface area (Å²) in [5.41, 5.74) is -0.352. The lowest BCUT2D eigenvalue weighted by atomic mass is 9.74. The Labute approximate surface area is 195 Å². The highest BCUT2D eigenvalue weighted by Crippen LogP contribution is 2.41. The van der Waals surface area contributed by atoms with Crippen molar-refractivity contribution in [2.75, 3.05) is 5.32 Å². The second-order valence-corrected chi connectivity index (χ2v) is 9.04. The molecule has 1 aromatic carbocycles. The highest BCUT2D eigenvalue weighted by Gasteiger charge is 2.27. The van der Waals surface area contributed by atoms with Crippen molar-refractivity contribution in [2.45, 2.75) is 39.0 Å². The van der Waals surface area contributed by atoms with Crippen molar-refractivity contribution in [3.05, 3.63) is 77.0 Å². The van der Waals surface area contributed by atoms with Crippen LogP contribution in [0.4, 0.5) is 18.9 Å². The summed E-state index contributed by atoms with van der Waals surface area (Å²) in [5, 5.41) is 2.78. The average molecular weight is 467 g/mol. The molecule has 176 valence electrons. The fraction of sp³-hybridized carbons (Fsp3) is 0.308. The van der Waals surface area contributed by atoms with Crippen LogP contribution in [0.5, 0.6) is 0 Å². The highest BCUT2D eigenvalue weighted by molar-refractivity contribution is 6.03. The molecule has 1 aliphatic rings. The number of aldehydes is 1. The molecule has 3 aromatic rings. The van der Waals surface area contributed by atoms with Crippen LogP contribution < -0.4 is 5.32 Å². The van der Waals surface area contributed by atoms with Gasteiger partial charge in [-0.25, -0.2) is 18.2 Å². The summed E-state index contributed by atoms with van der Waals surface area (Å²) < 4.78 is 43.4. The molecular formula is C26H24F3N3O2. The first-order chi connectivity index (χ1) is 16.3. The molecule has 1 saturated carbocycles. The topological polar surface area (TPSA) is 72.0 Å². The Balaban J connectivity index is 1.65. The van der Waals surface area contributed by atoms with Crippen LogP contribution in [0.3, 0.4) is 0 Å². The number of carbonyl (C=O) groups is 2. The van der Waals surface area contributed by atoms with Gasteiger partial charge in [-0.15, -0.1) is 0 Å². The fourth-order valence-corrected chi connectivity index (χ4v) is 4.88. The summed E-state index contributed by atoms with van der Waals surface area (Å²) in [7, 11) is 0. The van der Waals surface area contributed by atoms with Gasteiger partial charge in [-0.3, -0.25) is 14.6 Å². The van der Waals surface area contributed by atoms with Crippen LogP contribution >= 0.6 is 0 Å². The minimum Gasteiger partial charge on any atom is -0.319 e. The Kier molecular flexibility index (Phi) is 6.77. The lowest BCUT2D eigenvalue weighted by Gasteiger charge is -2.32. The first-order valence-electron chi connectivity index (χ1n) is 11.1. The van der Waals surface area contributed by atoms with E-state index in [0.29, 0.717) is 17.5 Å². The molecule has 1 N–H and O–H groups in total. The zero-order valence-electron chi connectivity index (χ0n) is 18.8. The van der Waals surface area contributed by atoms with Gasteiger partial charge in [0, 0.05) is 11.8 Å². The lowest BCUT2D eigenvalue weighted by molar-refractivity contribution is 0.102. The zero-order chi connectivity index (χ0) is 24.4. The number of nitrogens with zero attached hydrogens (tertiary/aromatic N) is 2. The van der Waals surface area contributed by atoms with Crippen LogP contribution in [-0.4, -0.2) is 22.2 Å². The van der Waals surface area contributed by atoms with Crippen LogP contribution in [0.15, 0.2) is 42.7 Å². The van der Waals surface area contributed by atoms with Gasteiger partial charge in [0.25, 0.3) is 5.91 Å². The third-order valence-electron chi connectivity index (χ3n) is 6.24. The molecule has 1 fully saturated rings. The molecule has 5 nitrogen and oxygen atoms in total. The van der Waals surface area contributed by atoms with Gasteiger partial charge in [0.15, 0.2) is 0 Å². The zero-order valence-corrected chi connectivity index (χ0v) is 18.8. The van der Waals surface area contributed by atoms with Crippen molar-refractivity contribution in [1.29, 1.82) is 0 Å². The van der Waals surface area contributed by atoms with E-state index in [1.807, 2.05) is 6.07 Å². The molecule has 0 saturated heterocycles. The summed E-state index contributed by atoms with van der Waals surface area (Å²) in [4.78, 5) is 31.9. The fourth-order valence-electron chi connectivity index (χ4n) is 4.88. The van der Waals surface area contributed by atoms with Gasteiger partial charge in [0.05, 0.1) is 17.4 Å². The van der Waals surface area contributed by atoms with Crippen LogP contribution in [0.25, 0.3) is 11.3 Å². The molecular weight excluding hydrogens is 443 g/mol. The van der Waals surface area contributed by atoms with Crippen LogP contribution in [0, 0.1) is 29.3 Å². The molecule has 2 unspecified atom stereocenters. The van der Waals surface area contributed by atoms with Crippen molar-refractivity contribution in [3.63, 3.8) is 0 Å². The van der Waals surface area contributed by atoms with Crippen molar-refractivity contribution >= 4 is 17.9 Å². The molecule has 1 amide bonds. The standard InChI is InChI=1S/C26H24F3N3O2/c1-14-7-15(2)9-17(8-14)18-5-6-30-12-23(18)32-26(34)22-4-3-19(27)25(31-22)24-20(28)10-16(13-33)11-21(24)29/h3-6,10-15,17H,7-9H2,1-2H3,(H,32,34)/t14-,15?,17?/m1/s1. The maximum atomic E-state index is 14.5. The predicted octanol–water partition coefficient (Wildman–Crippen LogP) is 6.17. The smallest absolute Gasteiger partial charge is 0.274 e. The molecule has 0 bridgehead atoms. The normalized spacial score (nSPS) is 20.1. The number of carbonyl (C=O) groups excluding carboxylic acids is 2. The Morgan fingerprint density at radius 2 is 1.68 bits per heavy atom. The van der Waals surface area contributed by atoms with Crippen molar-refractivity contribution in [2.24, 2.45) is 11.8 Å². The SMILES string of the molecule is CC1CC(c2ccncc2NC(=O)c2ccc(F)c(-c3c(F)cc(C=O)cc3F)n2)C[C@H](C)C1. The third-order valence-corrected chi connectivity index (χ3v) is 6.24. The molecule has 2 heterocycles. The number of benzene rings is 1. The molecule has 0 spiro atoms. The molecule has 8 heteroatoms. The Bertz CT molecular complexity index is 1210. The monoisotopic (exact) mass is 467 g/mol. The average Bonchev–Trinajstić information content (AvgIpc) is 2.79. The van der Waals surface area contributed by atoms with Crippen LogP contribution in [0.2, 0.25) is 0 Å². The first kappa shape index (κ1) is 23.6. The number of nitrogens with one attached hydrogen (secondary N) is 1. The van der Waals surface area contributed by atoms with Gasteiger partial charge in [-0.05, 0) is 72.9 Å². The predicted molar refractivity (Wildman–Crippen MR) is 122 cm³/mol. The number of aromatic nitrogens is 2. The number of amides is 1. The molecule has 4 rings (SSSR count).